The third-order valence-corrected chi connectivity index (χ3v) is 7.52. The molecule has 0 fully saturated rings. The van der Waals surface area contributed by atoms with Gasteiger partial charge in [0.15, 0.2) is 0 Å². The molecule has 27 heavy (non-hydrogen) atoms. The van der Waals surface area contributed by atoms with E-state index in [1.165, 1.54) is 21.0 Å². The molecule has 0 aliphatic heterocycles. The fraction of sp³-hybridized carbons (Fsp3) is 0.455. The number of rotatable bonds is 7. The first-order valence-electron chi connectivity index (χ1n) is 9.76. The van der Waals surface area contributed by atoms with Gasteiger partial charge in [0.2, 0.25) is 10.0 Å². The van der Waals surface area contributed by atoms with Crippen molar-refractivity contribution in [1.29, 1.82) is 0 Å². The molecule has 2 aromatic carbocycles. The molecule has 5 heteroatoms. The van der Waals surface area contributed by atoms with Gasteiger partial charge in [-0.2, -0.15) is 0 Å². The minimum absolute atomic E-state index is 0.134. The summed E-state index contributed by atoms with van der Waals surface area (Å²) in [4.78, 5) is 0. The minimum Gasteiger partial charge on any atom is -0.327 e. The molecule has 0 amide bonds. The molecule has 0 radical (unpaired) electrons. The molecule has 1 aliphatic rings. The number of fused-ring (bicyclic) bond motifs is 1. The maximum absolute atomic E-state index is 12.3. The van der Waals surface area contributed by atoms with Gasteiger partial charge in [-0.3, -0.25) is 0 Å². The van der Waals surface area contributed by atoms with E-state index in [9.17, 15) is 8.42 Å². The molecule has 2 atom stereocenters. The number of aryl methyl sites for hydroxylation is 1. The number of nitrogens with two attached hydrogens (primary N) is 1. The first-order chi connectivity index (χ1) is 12.9. The monoisotopic (exact) mass is 386 g/mol. The Kier molecular flexibility index (Phi) is 6.35. The van der Waals surface area contributed by atoms with Gasteiger partial charge in [0, 0.05) is 25.6 Å². The van der Waals surface area contributed by atoms with Crippen LogP contribution in [0.2, 0.25) is 0 Å². The van der Waals surface area contributed by atoms with E-state index in [0.717, 1.165) is 24.8 Å². The zero-order valence-electron chi connectivity index (χ0n) is 16.3. The highest BCUT2D eigenvalue weighted by Crippen LogP contribution is 2.34. The van der Waals surface area contributed by atoms with E-state index in [1.807, 2.05) is 13.0 Å². The average molecular weight is 387 g/mol. The van der Waals surface area contributed by atoms with Crippen LogP contribution in [0.1, 0.15) is 47.9 Å². The number of hydrogen-bond donors (Lipinski definition) is 1. The Labute approximate surface area is 163 Å². The highest BCUT2D eigenvalue weighted by molar-refractivity contribution is 7.89. The van der Waals surface area contributed by atoms with E-state index in [2.05, 4.69) is 42.5 Å². The minimum atomic E-state index is -3.19. The lowest BCUT2D eigenvalue weighted by Gasteiger charge is -2.32. The van der Waals surface area contributed by atoms with Crippen molar-refractivity contribution >= 4 is 10.0 Å². The number of benzene rings is 2. The molecule has 4 nitrogen and oxygen atoms in total. The van der Waals surface area contributed by atoms with Crippen molar-refractivity contribution in [2.24, 2.45) is 5.73 Å². The van der Waals surface area contributed by atoms with Crippen LogP contribution in [0.3, 0.4) is 0 Å². The predicted molar refractivity (Wildman–Crippen MR) is 111 cm³/mol. The summed E-state index contributed by atoms with van der Waals surface area (Å²) in [6, 6.07) is 17.0. The van der Waals surface area contributed by atoms with Crippen LogP contribution in [0, 0.1) is 0 Å². The van der Waals surface area contributed by atoms with Gasteiger partial charge in [-0.1, -0.05) is 55.5 Å². The second-order valence-corrected chi connectivity index (χ2v) is 9.80. The SMILES string of the molecule is CCCS(=O)(=O)N(C)Cc1ccc2c(c1)[C@H](Cc1ccccc1)[C@H](N)CC2. The van der Waals surface area contributed by atoms with E-state index in [4.69, 9.17) is 5.73 Å². The molecule has 0 bridgehead atoms. The maximum Gasteiger partial charge on any atom is 0.214 e. The molecule has 2 N–H and O–H groups in total. The fourth-order valence-electron chi connectivity index (χ4n) is 3.97. The molecule has 146 valence electrons. The number of nitrogens with zero attached hydrogens (tertiary/aromatic N) is 1. The smallest absolute Gasteiger partial charge is 0.214 e. The van der Waals surface area contributed by atoms with E-state index < -0.39 is 10.0 Å². The second-order valence-electron chi connectivity index (χ2n) is 7.60. The Morgan fingerprint density at radius 3 is 2.56 bits per heavy atom. The Balaban J connectivity index is 1.85. The molecular formula is C22H30N2O2S. The summed E-state index contributed by atoms with van der Waals surface area (Å²) in [5.41, 5.74) is 11.5. The summed E-state index contributed by atoms with van der Waals surface area (Å²) in [5.74, 6) is 0.462. The first-order valence-corrected chi connectivity index (χ1v) is 11.4. The summed E-state index contributed by atoms with van der Waals surface area (Å²) >= 11 is 0. The summed E-state index contributed by atoms with van der Waals surface area (Å²) in [7, 11) is -1.53. The van der Waals surface area contributed by atoms with Crippen molar-refractivity contribution in [1.82, 2.24) is 4.31 Å². The van der Waals surface area contributed by atoms with Crippen molar-refractivity contribution in [2.75, 3.05) is 12.8 Å². The van der Waals surface area contributed by atoms with E-state index in [1.54, 1.807) is 7.05 Å². The summed E-state index contributed by atoms with van der Waals surface area (Å²) in [6.07, 6.45) is 3.54. The van der Waals surface area contributed by atoms with Crippen LogP contribution in [0.4, 0.5) is 0 Å². The van der Waals surface area contributed by atoms with Gasteiger partial charge in [-0.05, 0) is 47.9 Å². The van der Waals surface area contributed by atoms with Crippen LogP contribution >= 0.6 is 0 Å². The zero-order valence-corrected chi connectivity index (χ0v) is 17.1. The Bertz CT molecular complexity index is 865. The lowest BCUT2D eigenvalue weighted by atomic mass is 9.76. The Morgan fingerprint density at radius 2 is 1.85 bits per heavy atom. The van der Waals surface area contributed by atoms with Crippen molar-refractivity contribution in [2.45, 2.75) is 51.1 Å². The predicted octanol–water partition coefficient (Wildman–Crippen LogP) is 3.46. The van der Waals surface area contributed by atoms with Gasteiger partial charge in [-0.15, -0.1) is 0 Å². The third kappa shape index (κ3) is 4.78. The topological polar surface area (TPSA) is 63.4 Å². The molecule has 2 aromatic rings. The zero-order chi connectivity index (χ0) is 19.4. The average Bonchev–Trinajstić information content (AvgIpc) is 2.65. The van der Waals surface area contributed by atoms with Gasteiger partial charge in [0.05, 0.1) is 5.75 Å². The van der Waals surface area contributed by atoms with E-state index in [0.29, 0.717) is 13.0 Å². The quantitative estimate of drug-likeness (QED) is 0.793. The molecule has 0 spiro atoms. The van der Waals surface area contributed by atoms with Crippen LogP contribution in [0.15, 0.2) is 48.5 Å². The molecule has 0 aromatic heterocycles. The van der Waals surface area contributed by atoms with Gasteiger partial charge in [-0.25, -0.2) is 12.7 Å². The highest BCUT2D eigenvalue weighted by Gasteiger charge is 2.28. The number of hydrogen-bond acceptors (Lipinski definition) is 3. The van der Waals surface area contributed by atoms with Crippen molar-refractivity contribution in [3.05, 3.63) is 70.8 Å². The van der Waals surface area contributed by atoms with Gasteiger partial charge in [0.1, 0.15) is 0 Å². The molecule has 0 saturated heterocycles. The van der Waals surface area contributed by atoms with Crippen molar-refractivity contribution in [3.63, 3.8) is 0 Å². The summed E-state index contributed by atoms with van der Waals surface area (Å²) in [5, 5.41) is 0. The fourth-order valence-corrected chi connectivity index (χ4v) is 5.14. The molecule has 1 aliphatic carbocycles. The lowest BCUT2D eigenvalue weighted by molar-refractivity contribution is 0.457. The van der Waals surface area contributed by atoms with Gasteiger partial charge in [0.25, 0.3) is 0 Å². The third-order valence-electron chi connectivity index (χ3n) is 5.51. The highest BCUT2D eigenvalue weighted by atomic mass is 32.2. The second kappa shape index (κ2) is 8.55. The van der Waals surface area contributed by atoms with E-state index in [-0.39, 0.29) is 17.7 Å². The van der Waals surface area contributed by atoms with Crippen LogP contribution in [0.25, 0.3) is 0 Å². The standard InChI is InChI=1S/C22H30N2O2S/c1-3-13-27(25,26)24(2)16-18-9-10-19-11-12-22(23)21(20(19)15-18)14-17-7-5-4-6-8-17/h4-10,15,21-22H,3,11-14,16,23H2,1-2H3/t21-,22+/m0/s1. The largest absolute Gasteiger partial charge is 0.327 e. The van der Waals surface area contributed by atoms with Crippen LogP contribution < -0.4 is 5.73 Å². The van der Waals surface area contributed by atoms with Crippen LogP contribution in [0.5, 0.6) is 0 Å². The summed E-state index contributed by atoms with van der Waals surface area (Å²) < 4.78 is 26.0. The maximum atomic E-state index is 12.3. The van der Waals surface area contributed by atoms with Crippen molar-refractivity contribution in [3.8, 4) is 0 Å². The number of sulfonamides is 1. The van der Waals surface area contributed by atoms with Crippen LogP contribution in [-0.4, -0.2) is 31.6 Å². The molecule has 0 heterocycles. The Hall–Kier alpha value is -1.69. The lowest BCUT2D eigenvalue weighted by Crippen LogP contribution is -2.34. The first kappa shape index (κ1) is 20.1. The molecule has 0 saturated carbocycles. The molecule has 3 rings (SSSR count). The van der Waals surface area contributed by atoms with Gasteiger partial charge >= 0.3 is 0 Å². The van der Waals surface area contributed by atoms with E-state index >= 15 is 0 Å². The Morgan fingerprint density at radius 1 is 1.11 bits per heavy atom. The van der Waals surface area contributed by atoms with Crippen LogP contribution in [-0.2, 0) is 29.4 Å². The molecule has 0 unspecified atom stereocenters. The summed E-state index contributed by atoms with van der Waals surface area (Å²) in [6.45, 7) is 2.29. The van der Waals surface area contributed by atoms with Crippen molar-refractivity contribution < 1.29 is 8.42 Å². The normalized spacial score (nSPS) is 19.9. The molecular weight excluding hydrogens is 356 g/mol. The van der Waals surface area contributed by atoms with Gasteiger partial charge < -0.3 is 5.73 Å².